The van der Waals surface area contributed by atoms with E-state index < -0.39 is 0 Å². The first-order chi connectivity index (χ1) is 7.33. The highest BCUT2D eigenvalue weighted by atomic mass is 32.2. The highest BCUT2D eigenvalue weighted by Crippen LogP contribution is 2.44. The van der Waals surface area contributed by atoms with E-state index in [1.54, 1.807) is 9.77 Å². The quantitative estimate of drug-likeness (QED) is 0.842. The van der Waals surface area contributed by atoms with Crippen molar-refractivity contribution >= 4 is 23.1 Å². The molecule has 1 aromatic heterocycles. The number of fused-ring (bicyclic) bond motifs is 1. The number of nitrogens with one attached hydrogen (secondary N) is 1. The van der Waals surface area contributed by atoms with Gasteiger partial charge >= 0.3 is 0 Å². The topological polar surface area (TPSA) is 12.0 Å². The third-order valence-corrected chi connectivity index (χ3v) is 5.80. The molecule has 1 fully saturated rings. The molecule has 1 aromatic rings. The van der Waals surface area contributed by atoms with Crippen LogP contribution in [0.25, 0.3) is 0 Å². The van der Waals surface area contributed by atoms with Crippen LogP contribution in [0.3, 0.4) is 0 Å². The van der Waals surface area contributed by atoms with Crippen LogP contribution in [0.5, 0.6) is 0 Å². The van der Waals surface area contributed by atoms with Gasteiger partial charge in [-0.05, 0) is 36.3 Å². The molecule has 1 aliphatic heterocycles. The van der Waals surface area contributed by atoms with Crippen LogP contribution in [0.2, 0.25) is 0 Å². The molecule has 0 amide bonds. The third-order valence-electron chi connectivity index (χ3n) is 3.45. The summed E-state index contributed by atoms with van der Waals surface area (Å²) in [5.74, 6) is 0. The molecule has 1 unspecified atom stereocenters. The second-order valence-corrected chi connectivity index (χ2v) is 7.30. The van der Waals surface area contributed by atoms with Gasteiger partial charge in [-0.15, -0.1) is 23.1 Å². The van der Waals surface area contributed by atoms with Gasteiger partial charge in [0, 0.05) is 17.3 Å². The van der Waals surface area contributed by atoms with E-state index in [1.807, 2.05) is 11.3 Å². The van der Waals surface area contributed by atoms with Gasteiger partial charge in [0.05, 0.1) is 4.21 Å². The second kappa shape index (κ2) is 4.11. The van der Waals surface area contributed by atoms with Gasteiger partial charge in [0.2, 0.25) is 0 Å². The van der Waals surface area contributed by atoms with Crippen molar-refractivity contribution in [3.05, 3.63) is 17.0 Å². The van der Waals surface area contributed by atoms with E-state index in [2.05, 4.69) is 35.4 Å². The molecule has 1 saturated carbocycles. The number of rotatable bonds is 2. The predicted octanol–water partition coefficient (Wildman–Crippen LogP) is 3.82. The zero-order chi connectivity index (χ0) is 10.3. The van der Waals surface area contributed by atoms with E-state index in [0.717, 1.165) is 11.3 Å². The first kappa shape index (κ1) is 10.2. The molecular formula is C12H17NS2. The Morgan fingerprint density at radius 1 is 1.40 bits per heavy atom. The molecule has 82 valence electrons. The number of thiophene rings is 1. The first-order valence-corrected chi connectivity index (χ1v) is 7.59. The van der Waals surface area contributed by atoms with Crippen LogP contribution in [0.1, 0.15) is 44.2 Å². The third kappa shape index (κ3) is 1.97. The fraction of sp³-hybridized carbons (Fsp3) is 0.667. The lowest BCUT2D eigenvalue weighted by Gasteiger charge is -2.35. The van der Waals surface area contributed by atoms with Gasteiger partial charge in [0.25, 0.3) is 0 Å². The maximum absolute atomic E-state index is 3.82. The minimum absolute atomic E-state index is 0.632. The molecule has 1 nitrogen and oxygen atoms in total. The van der Waals surface area contributed by atoms with E-state index in [9.17, 15) is 0 Å². The van der Waals surface area contributed by atoms with Crippen molar-refractivity contribution in [3.8, 4) is 0 Å². The van der Waals surface area contributed by atoms with Crippen LogP contribution >= 0.6 is 23.1 Å². The molecule has 15 heavy (non-hydrogen) atoms. The standard InChI is InChI=1S/C12H17NS2/c1-8-7-11(13-9-3-2-4-9)10-5-6-14-12(10)15-8/h5-6,8-9,11,13H,2-4,7H2,1H3/t8-,11?/m0/s1. The summed E-state index contributed by atoms with van der Waals surface area (Å²) in [6, 6.07) is 3.75. The first-order valence-electron chi connectivity index (χ1n) is 5.83. The van der Waals surface area contributed by atoms with E-state index in [0.29, 0.717) is 6.04 Å². The lowest BCUT2D eigenvalue weighted by molar-refractivity contribution is 0.296. The molecule has 1 N–H and O–H groups in total. The zero-order valence-electron chi connectivity index (χ0n) is 9.03. The lowest BCUT2D eigenvalue weighted by atomic mass is 9.91. The fourth-order valence-electron chi connectivity index (χ4n) is 2.37. The van der Waals surface area contributed by atoms with Crippen molar-refractivity contribution in [2.45, 2.75) is 54.1 Å². The van der Waals surface area contributed by atoms with Crippen molar-refractivity contribution in [3.63, 3.8) is 0 Å². The Bertz CT molecular complexity index is 343. The average molecular weight is 239 g/mol. The van der Waals surface area contributed by atoms with Crippen LogP contribution in [0.15, 0.2) is 15.7 Å². The summed E-state index contributed by atoms with van der Waals surface area (Å²) in [7, 11) is 0. The molecule has 3 rings (SSSR count). The summed E-state index contributed by atoms with van der Waals surface area (Å²) in [5.41, 5.74) is 1.56. The molecule has 2 heterocycles. The van der Waals surface area contributed by atoms with Crippen molar-refractivity contribution in [2.24, 2.45) is 0 Å². The van der Waals surface area contributed by atoms with Gasteiger partial charge in [-0.25, -0.2) is 0 Å². The van der Waals surface area contributed by atoms with Gasteiger partial charge in [0.1, 0.15) is 0 Å². The minimum Gasteiger partial charge on any atom is -0.307 e. The second-order valence-electron chi connectivity index (χ2n) is 4.67. The molecule has 2 aliphatic rings. The summed E-state index contributed by atoms with van der Waals surface area (Å²) in [6.45, 7) is 2.35. The zero-order valence-corrected chi connectivity index (χ0v) is 10.7. The van der Waals surface area contributed by atoms with E-state index in [1.165, 1.54) is 25.7 Å². The van der Waals surface area contributed by atoms with Crippen molar-refractivity contribution < 1.29 is 0 Å². The van der Waals surface area contributed by atoms with Crippen LogP contribution in [0.4, 0.5) is 0 Å². The van der Waals surface area contributed by atoms with Crippen LogP contribution in [-0.2, 0) is 0 Å². The number of hydrogen-bond acceptors (Lipinski definition) is 3. The van der Waals surface area contributed by atoms with E-state index >= 15 is 0 Å². The van der Waals surface area contributed by atoms with Crippen LogP contribution < -0.4 is 5.32 Å². The van der Waals surface area contributed by atoms with Gasteiger partial charge in [-0.2, -0.15) is 0 Å². The molecule has 1 aliphatic carbocycles. The minimum atomic E-state index is 0.632. The van der Waals surface area contributed by atoms with Crippen LogP contribution in [-0.4, -0.2) is 11.3 Å². The monoisotopic (exact) mass is 239 g/mol. The molecule has 0 spiro atoms. The Morgan fingerprint density at radius 2 is 2.27 bits per heavy atom. The van der Waals surface area contributed by atoms with Gasteiger partial charge < -0.3 is 5.32 Å². The highest BCUT2D eigenvalue weighted by molar-refractivity contribution is 8.01. The Kier molecular flexibility index (Phi) is 2.79. The molecule has 0 bridgehead atoms. The summed E-state index contributed by atoms with van der Waals surface area (Å²) in [5, 5.41) is 6.83. The molecule has 0 saturated heterocycles. The maximum atomic E-state index is 3.82. The van der Waals surface area contributed by atoms with E-state index in [4.69, 9.17) is 0 Å². The van der Waals surface area contributed by atoms with Gasteiger partial charge in [-0.3, -0.25) is 0 Å². The molecule has 3 heteroatoms. The largest absolute Gasteiger partial charge is 0.307 e. The smallest absolute Gasteiger partial charge is 0.0649 e. The van der Waals surface area contributed by atoms with Gasteiger partial charge in [0.15, 0.2) is 0 Å². The lowest BCUT2D eigenvalue weighted by Crippen LogP contribution is -2.39. The van der Waals surface area contributed by atoms with E-state index in [-0.39, 0.29) is 0 Å². The normalized spacial score (nSPS) is 31.0. The molecule has 0 aromatic carbocycles. The number of thioether (sulfide) groups is 1. The van der Waals surface area contributed by atoms with Gasteiger partial charge in [-0.1, -0.05) is 13.3 Å². The fourth-order valence-corrected chi connectivity index (χ4v) is 4.93. The SMILES string of the molecule is C[C@H]1CC(NC2CCC2)c2ccsc2S1. The number of hydrogen-bond donors (Lipinski definition) is 1. The summed E-state index contributed by atoms with van der Waals surface area (Å²) in [4.78, 5) is 0. The Labute approximate surface area is 99.7 Å². The molecule has 0 radical (unpaired) electrons. The average Bonchev–Trinajstić information content (AvgIpc) is 2.58. The maximum Gasteiger partial charge on any atom is 0.0649 e. The molecular weight excluding hydrogens is 222 g/mol. The Morgan fingerprint density at radius 3 is 3.00 bits per heavy atom. The summed E-state index contributed by atoms with van der Waals surface area (Å²) < 4.78 is 1.55. The predicted molar refractivity (Wildman–Crippen MR) is 67.8 cm³/mol. The van der Waals surface area contributed by atoms with Crippen molar-refractivity contribution in [2.75, 3.05) is 0 Å². The summed E-state index contributed by atoms with van der Waals surface area (Å²) in [6.07, 6.45) is 5.49. The Hall–Kier alpha value is 0.01000. The van der Waals surface area contributed by atoms with Crippen LogP contribution in [0, 0.1) is 0 Å². The van der Waals surface area contributed by atoms with Crippen molar-refractivity contribution in [1.29, 1.82) is 0 Å². The molecule has 2 atom stereocenters. The summed E-state index contributed by atoms with van der Waals surface area (Å²) >= 11 is 3.96. The highest BCUT2D eigenvalue weighted by Gasteiger charge is 2.29. The van der Waals surface area contributed by atoms with Crippen molar-refractivity contribution in [1.82, 2.24) is 5.32 Å². The Balaban J connectivity index is 1.77.